The Kier molecular flexibility index (Phi) is 5.67. The Balaban J connectivity index is 1.35. The number of fused-ring (bicyclic) bond motifs is 1. The molecular formula is C22H25N5O2. The monoisotopic (exact) mass is 391 g/mol. The van der Waals surface area contributed by atoms with Gasteiger partial charge in [-0.3, -0.25) is 14.5 Å². The molecule has 1 saturated heterocycles. The minimum atomic E-state index is -0.707. The second-order valence-electron chi connectivity index (χ2n) is 7.58. The molecule has 1 atom stereocenters. The Labute approximate surface area is 169 Å². The van der Waals surface area contributed by atoms with Gasteiger partial charge < -0.3 is 5.32 Å². The lowest BCUT2D eigenvalue weighted by molar-refractivity contribution is -0.125. The molecule has 4 rings (SSSR count). The quantitative estimate of drug-likeness (QED) is 0.721. The second kappa shape index (κ2) is 8.53. The van der Waals surface area contributed by atoms with E-state index in [4.69, 9.17) is 0 Å². The molecule has 0 bridgehead atoms. The van der Waals surface area contributed by atoms with E-state index in [1.165, 1.54) is 10.2 Å². The second-order valence-corrected chi connectivity index (χ2v) is 7.58. The molecule has 0 unspecified atom stereocenters. The largest absolute Gasteiger partial charge is 0.351 e. The number of aromatic nitrogens is 3. The van der Waals surface area contributed by atoms with Gasteiger partial charge in [-0.1, -0.05) is 47.7 Å². The lowest BCUT2D eigenvalue weighted by atomic mass is 10.0. The summed E-state index contributed by atoms with van der Waals surface area (Å²) in [5, 5.41) is 11.6. The van der Waals surface area contributed by atoms with Gasteiger partial charge in [0.2, 0.25) is 5.91 Å². The first-order valence-electron chi connectivity index (χ1n) is 10.0. The summed E-state index contributed by atoms with van der Waals surface area (Å²) in [6.07, 6.45) is 1.78. The molecular weight excluding hydrogens is 366 g/mol. The maximum Gasteiger partial charge on any atom is 0.278 e. The molecule has 150 valence electrons. The van der Waals surface area contributed by atoms with Crippen molar-refractivity contribution in [3.05, 3.63) is 70.5 Å². The zero-order valence-corrected chi connectivity index (χ0v) is 16.5. The summed E-state index contributed by atoms with van der Waals surface area (Å²) in [7, 11) is 0. The van der Waals surface area contributed by atoms with Gasteiger partial charge in [0.1, 0.15) is 11.6 Å². The highest BCUT2D eigenvalue weighted by Crippen LogP contribution is 2.15. The predicted octanol–water partition coefficient (Wildman–Crippen LogP) is 2.13. The van der Waals surface area contributed by atoms with Crippen LogP contribution in [0.5, 0.6) is 0 Å². The Bertz CT molecular complexity index is 1040. The van der Waals surface area contributed by atoms with Gasteiger partial charge in [-0.2, -0.15) is 4.68 Å². The topological polar surface area (TPSA) is 80.1 Å². The third kappa shape index (κ3) is 4.35. The van der Waals surface area contributed by atoms with E-state index in [0.29, 0.717) is 10.9 Å². The first kappa shape index (κ1) is 19.3. The van der Waals surface area contributed by atoms with Crippen LogP contribution in [-0.4, -0.2) is 44.9 Å². The number of carbonyl (C=O) groups excluding carboxylic acids is 1. The van der Waals surface area contributed by atoms with Gasteiger partial charge in [-0.25, -0.2) is 0 Å². The number of hydrogen-bond donors (Lipinski definition) is 1. The van der Waals surface area contributed by atoms with Crippen LogP contribution in [0.4, 0.5) is 0 Å². The van der Waals surface area contributed by atoms with Crippen molar-refractivity contribution < 1.29 is 4.79 Å². The molecule has 7 nitrogen and oxygen atoms in total. The van der Waals surface area contributed by atoms with Crippen molar-refractivity contribution in [1.82, 2.24) is 25.2 Å². The third-order valence-electron chi connectivity index (χ3n) is 5.52. The number of piperidine rings is 1. The Hall–Kier alpha value is -3.06. The zero-order valence-electron chi connectivity index (χ0n) is 16.5. The first-order valence-corrected chi connectivity index (χ1v) is 10.0. The minimum absolute atomic E-state index is 0.112. The molecule has 1 aliphatic rings. The molecule has 1 N–H and O–H groups in total. The lowest BCUT2D eigenvalue weighted by Crippen LogP contribution is -2.47. The van der Waals surface area contributed by atoms with Gasteiger partial charge in [0.25, 0.3) is 5.56 Å². The summed E-state index contributed by atoms with van der Waals surface area (Å²) in [4.78, 5) is 27.8. The van der Waals surface area contributed by atoms with E-state index < -0.39 is 6.04 Å². The number of rotatable bonds is 5. The summed E-state index contributed by atoms with van der Waals surface area (Å²) in [5.41, 5.74) is 1.54. The number of amides is 1. The van der Waals surface area contributed by atoms with E-state index in [2.05, 4.69) is 44.8 Å². The third-order valence-corrected chi connectivity index (χ3v) is 5.52. The molecule has 7 heteroatoms. The van der Waals surface area contributed by atoms with Crippen LogP contribution >= 0.6 is 0 Å². The number of likely N-dealkylation sites (tertiary alicyclic amines) is 1. The van der Waals surface area contributed by atoms with E-state index in [0.717, 1.165) is 32.5 Å². The van der Waals surface area contributed by atoms with Crippen molar-refractivity contribution in [1.29, 1.82) is 0 Å². The van der Waals surface area contributed by atoms with Gasteiger partial charge in [-0.15, -0.1) is 5.10 Å². The Morgan fingerprint density at radius 1 is 1.10 bits per heavy atom. The average molecular weight is 391 g/mol. The van der Waals surface area contributed by atoms with Gasteiger partial charge in [0.15, 0.2) is 0 Å². The molecule has 1 amide bonds. The fourth-order valence-electron chi connectivity index (χ4n) is 3.77. The molecule has 0 radical (unpaired) electrons. The highest BCUT2D eigenvalue weighted by atomic mass is 16.2. The van der Waals surface area contributed by atoms with Crippen LogP contribution in [-0.2, 0) is 11.3 Å². The lowest BCUT2D eigenvalue weighted by Gasteiger charge is -2.32. The number of carbonyl (C=O) groups is 1. The molecule has 0 aliphatic carbocycles. The van der Waals surface area contributed by atoms with Gasteiger partial charge in [-0.05, 0) is 37.5 Å². The summed E-state index contributed by atoms with van der Waals surface area (Å²) in [5.74, 6) is -0.196. The van der Waals surface area contributed by atoms with Crippen LogP contribution in [0.1, 0.15) is 31.4 Å². The van der Waals surface area contributed by atoms with Crippen LogP contribution in [0.2, 0.25) is 0 Å². The summed E-state index contributed by atoms with van der Waals surface area (Å²) in [6, 6.07) is 16.8. The highest BCUT2D eigenvalue weighted by molar-refractivity contribution is 5.81. The molecule has 0 spiro atoms. The van der Waals surface area contributed by atoms with Gasteiger partial charge in [0.05, 0.1) is 5.39 Å². The Morgan fingerprint density at radius 2 is 1.79 bits per heavy atom. The number of nitrogens with zero attached hydrogens (tertiary/aromatic N) is 4. The average Bonchev–Trinajstić information content (AvgIpc) is 2.76. The molecule has 1 aromatic heterocycles. The van der Waals surface area contributed by atoms with Crippen molar-refractivity contribution in [2.24, 2.45) is 0 Å². The minimum Gasteiger partial charge on any atom is -0.351 e. The summed E-state index contributed by atoms with van der Waals surface area (Å²) >= 11 is 0. The van der Waals surface area contributed by atoms with Crippen molar-refractivity contribution in [3.8, 4) is 0 Å². The molecule has 2 heterocycles. The maximum absolute atomic E-state index is 12.7. The standard InChI is InChI=1S/C22H25N5O2/c1-16(27-22(29)19-9-5-6-10-20(19)24-25-27)21(28)23-18-11-13-26(14-12-18)15-17-7-3-2-4-8-17/h2-10,16,18H,11-15H2,1H3,(H,23,28)/t16-/m0/s1. The van der Waals surface area contributed by atoms with Crippen LogP contribution in [0, 0.1) is 0 Å². The van der Waals surface area contributed by atoms with E-state index in [9.17, 15) is 9.59 Å². The Morgan fingerprint density at radius 3 is 2.55 bits per heavy atom. The van der Waals surface area contributed by atoms with Crippen molar-refractivity contribution in [3.63, 3.8) is 0 Å². The summed E-state index contributed by atoms with van der Waals surface area (Å²) in [6.45, 7) is 4.48. The maximum atomic E-state index is 12.7. The molecule has 1 fully saturated rings. The van der Waals surface area contributed by atoms with Crippen LogP contribution < -0.4 is 10.9 Å². The van der Waals surface area contributed by atoms with Crippen molar-refractivity contribution >= 4 is 16.8 Å². The van der Waals surface area contributed by atoms with Crippen LogP contribution in [0.3, 0.4) is 0 Å². The van der Waals surface area contributed by atoms with Crippen LogP contribution in [0.25, 0.3) is 10.9 Å². The van der Waals surface area contributed by atoms with E-state index in [1.54, 1.807) is 31.2 Å². The molecule has 2 aromatic carbocycles. The smallest absolute Gasteiger partial charge is 0.278 e. The number of nitrogens with one attached hydrogen (secondary N) is 1. The van der Waals surface area contributed by atoms with Gasteiger partial charge in [0, 0.05) is 25.7 Å². The fraction of sp³-hybridized carbons (Fsp3) is 0.364. The zero-order chi connectivity index (χ0) is 20.2. The van der Waals surface area contributed by atoms with Crippen LogP contribution in [0.15, 0.2) is 59.4 Å². The highest BCUT2D eigenvalue weighted by Gasteiger charge is 2.25. The molecule has 3 aromatic rings. The van der Waals surface area contributed by atoms with E-state index in [1.807, 2.05) is 6.07 Å². The van der Waals surface area contributed by atoms with Crippen molar-refractivity contribution in [2.45, 2.75) is 38.4 Å². The van der Waals surface area contributed by atoms with Crippen molar-refractivity contribution in [2.75, 3.05) is 13.1 Å². The fourth-order valence-corrected chi connectivity index (χ4v) is 3.77. The number of hydrogen-bond acceptors (Lipinski definition) is 5. The predicted molar refractivity (Wildman–Crippen MR) is 111 cm³/mol. The van der Waals surface area contributed by atoms with E-state index >= 15 is 0 Å². The normalized spacial score (nSPS) is 16.6. The van der Waals surface area contributed by atoms with E-state index in [-0.39, 0.29) is 17.5 Å². The molecule has 1 aliphatic heterocycles. The first-order chi connectivity index (χ1) is 14.1. The molecule has 29 heavy (non-hydrogen) atoms. The SMILES string of the molecule is C[C@@H](C(=O)NC1CCN(Cc2ccccc2)CC1)n1nnc2ccccc2c1=O. The summed E-state index contributed by atoms with van der Waals surface area (Å²) < 4.78 is 1.17. The number of benzene rings is 2. The molecule has 0 saturated carbocycles. The van der Waals surface area contributed by atoms with Gasteiger partial charge >= 0.3 is 0 Å².